The van der Waals surface area contributed by atoms with Crippen LogP contribution in [0.2, 0.25) is 10.0 Å². The summed E-state index contributed by atoms with van der Waals surface area (Å²) in [5.74, 6) is -0.237. The fraction of sp³-hybridized carbons (Fsp3) is 0.200. The SMILES string of the molecule is FC(F)Oc1c(Cl)cc(NCc2csnn2)cc1Cl. The first-order valence-corrected chi connectivity index (χ1v) is 6.59. The molecule has 1 heterocycles. The van der Waals surface area contributed by atoms with Gasteiger partial charge in [-0.1, -0.05) is 27.7 Å². The predicted octanol–water partition coefficient (Wildman–Crippen LogP) is 4.06. The van der Waals surface area contributed by atoms with Crippen molar-refractivity contribution in [1.29, 1.82) is 0 Å². The molecule has 0 fully saturated rings. The predicted molar refractivity (Wildman–Crippen MR) is 70.3 cm³/mol. The molecule has 2 rings (SSSR count). The first-order valence-electron chi connectivity index (χ1n) is 5.00. The van der Waals surface area contributed by atoms with E-state index < -0.39 is 6.61 Å². The summed E-state index contributed by atoms with van der Waals surface area (Å²) in [6, 6.07) is 2.90. The smallest absolute Gasteiger partial charge is 0.387 e. The molecule has 9 heteroatoms. The molecule has 0 aliphatic heterocycles. The highest BCUT2D eigenvalue weighted by atomic mass is 35.5. The summed E-state index contributed by atoms with van der Waals surface area (Å²) in [7, 11) is 0. The van der Waals surface area contributed by atoms with E-state index in [1.165, 1.54) is 23.7 Å². The fourth-order valence-corrected chi connectivity index (χ4v) is 2.34. The first-order chi connectivity index (χ1) is 9.06. The largest absolute Gasteiger partial charge is 0.432 e. The highest BCUT2D eigenvalue weighted by Gasteiger charge is 2.14. The van der Waals surface area contributed by atoms with Crippen molar-refractivity contribution in [3.05, 3.63) is 33.3 Å². The number of hydrogen-bond donors (Lipinski definition) is 1. The molecule has 19 heavy (non-hydrogen) atoms. The van der Waals surface area contributed by atoms with Crippen molar-refractivity contribution in [2.24, 2.45) is 0 Å². The third-order valence-electron chi connectivity index (χ3n) is 2.08. The Kier molecular flexibility index (Phi) is 4.73. The van der Waals surface area contributed by atoms with Crippen LogP contribution in [0, 0.1) is 0 Å². The Morgan fingerprint density at radius 1 is 1.32 bits per heavy atom. The third-order valence-corrected chi connectivity index (χ3v) is 3.20. The van der Waals surface area contributed by atoms with Gasteiger partial charge in [0, 0.05) is 11.1 Å². The van der Waals surface area contributed by atoms with Crippen LogP contribution in [0.15, 0.2) is 17.5 Å². The molecule has 1 N–H and O–H groups in total. The molecule has 0 bridgehead atoms. The summed E-state index contributed by atoms with van der Waals surface area (Å²) in [5, 5.41) is 8.65. The Bertz CT molecular complexity index is 531. The maximum atomic E-state index is 12.1. The van der Waals surface area contributed by atoms with Crippen molar-refractivity contribution < 1.29 is 13.5 Å². The fourth-order valence-electron chi connectivity index (χ4n) is 1.32. The molecule has 0 aliphatic rings. The lowest BCUT2D eigenvalue weighted by molar-refractivity contribution is -0.0497. The monoisotopic (exact) mass is 325 g/mol. The zero-order chi connectivity index (χ0) is 13.8. The molecule has 102 valence electrons. The summed E-state index contributed by atoms with van der Waals surface area (Å²) in [6.45, 7) is -2.55. The normalized spacial score (nSPS) is 10.8. The number of ether oxygens (including phenoxy) is 1. The molecule has 4 nitrogen and oxygen atoms in total. The Balaban J connectivity index is 2.10. The van der Waals surface area contributed by atoms with Crippen LogP contribution in [0.4, 0.5) is 14.5 Å². The molecular formula is C10H7Cl2F2N3OS. The van der Waals surface area contributed by atoms with Crippen molar-refractivity contribution in [3.63, 3.8) is 0 Å². The highest BCUT2D eigenvalue weighted by Crippen LogP contribution is 2.37. The lowest BCUT2D eigenvalue weighted by Crippen LogP contribution is -2.04. The van der Waals surface area contributed by atoms with Crippen LogP contribution in [-0.4, -0.2) is 16.2 Å². The Morgan fingerprint density at radius 2 is 2.00 bits per heavy atom. The summed E-state index contributed by atoms with van der Waals surface area (Å²) < 4.78 is 32.2. The van der Waals surface area contributed by atoms with E-state index in [1.54, 1.807) is 5.38 Å². The van der Waals surface area contributed by atoms with Gasteiger partial charge in [-0.15, -0.1) is 5.10 Å². The van der Waals surface area contributed by atoms with Crippen molar-refractivity contribution >= 4 is 40.4 Å². The average molecular weight is 326 g/mol. The van der Waals surface area contributed by atoms with Crippen molar-refractivity contribution in [3.8, 4) is 5.75 Å². The summed E-state index contributed by atoms with van der Waals surface area (Å²) >= 11 is 12.9. The van der Waals surface area contributed by atoms with E-state index in [0.717, 1.165) is 5.69 Å². The maximum absolute atomic E-state index is 12.1. The quantitative estimate of drug-likeness (QED) is 0.900. The van der Waals surface area contributed by atoms with E-state index in [9.17, 15) is 8.78 Å². The van der Waals surface area contributed by atoms with Gasteiger partial charge in [0.15, 0.2) is 5.75 Å². The van der Waals surface area contributed by atoms with Gasteiger partial charge in [-0.05, 0) is 23.7 Å². The van der Waals surface area contributed by atoms with Gasteiger partial charge in [-0.2, -0.15) is 8.78 Å². The van der Waals surface area contributed by atoms with Crippen LogP contribution < -0.4 is 10.1 Å². The summed E-state index contributed by atoms with van der Waals surface area (Å²) in [4.78, 5) is 0. The number of nitrogens with one attached hydrogen (secondary N) is 1. The lowest BCUT2D eigenvalue weighted by Gasteiger charge is -2.11. The topological polar surface area (TPSA) is 47.0 Å². The molecule has 1 aromatic carbocycles. The highest BCUT2D eigenvalue weighted by molar-refractivity contribution is 7.03. The van der Waals surface area contributed by atoms with E-state index in [1.807, 2.05) is 0 Å². The number of rotatable bonds is 5. The lowest BCUT2D eigenvalue weighted by atomic mass is 10.3. The number of halogens is 4. The molecule has 0 saturated heterocycles. The van der Waals surface area contributed by atoms with Gasteiger partial charge in [0.2, 0.25) is 0 Å². The van der Waals surface area contributed by atoms with Gasteiger partial charge in [0.1, 0.15) is 0 Å². The number of hydrogen-bond acceptors (Lipinski definition) is 5. The number of nitrogens with zero attached hydrogens (tertiary/aromatic N) is 2. The molecule has 0 unspecified atom stereocenters. The average Bonchev–Trinajstić information content (AvgIpc) is 2.84. The van der Waals surface area contributed by atoms with Crippen molar-refractivity contribution in [1.82, 2.24) is 9.59 Å². The molecule has 0 spiro atoms. The molecule has 0 radical (unpaired) electrons. The standard InChI is InChI=1S/C10H7Cl2F2N3OS/c11-7-1-5(15-3-6-4-19-17-16-6)2-8(12)9(7)18-10(13)14/h1-2,4,10,15H,3H2. The van der Waals surface area contributed by atoms with Crippen LogP contribution in [0.5, 0.6) is 5.75 Å². The number of benzene rings is 1. The van der Waals surface area contributed by atoms with E-state index in [4.69, 9.17) is 23.2 Å². The number of aromatic nitrogens is 2. The van der Waals surface area contributed by atoms with Crippen molar-refractivity contribution in [2.45, 2.75) is 13.2 Å². The molecule has 0 saturated carbocycles. The summed E-state index contributed by atoms with van der Waals surface area (Å²) in [5.41, 5.74) is 1.33. The zero-order valence-corrected chi connectivity index (χ0v) is 11.6. The minimum Gasteiger partial charge on any atom is -0.432 e. The van der Waals surface area contributed by atoms with Gasteiger partial charge >= 0.3 is 6.61 Å². The number of alkyl halides is 2. The zero-order valence-electron chi connectivity index (χ0n) is 9.24. The van der Waals surface area contributed by atoms with E-state index >= 15 is 0 Å². The van der Waals surface area contributed by atoms with Crippen LogP contribution in [0.3, 0.4) is 0 Å². The molecule has 1 aromatic heterocycles. The van der Waals surface area contributed by atoms with Gasteiger partial charge in [0.05, 0.1) is 22.3 Å². The van der Waals surface area contributed by atoms with E-state index in [0.29, 0.717) is 12.2 Å². The molecule has 0 amide bonds. The number of anilines is 1. The van der Waals surface area contributed by atoms with Crippen LogP contribution in [-0.2, 0) is 6.54 Å². The van der Waals surface area contributed by atoms with Gasteiger partial charge in [-0.3, -0.25) is 0 Å². The second kappa shape index (κ2) is 6.31. The molecule has 0 atom stereocenters. The second-order valence-electron chi connectivity index (χ2n) is 3.40. The van der Waals surface area contributed by atoms with Crippen molar-refractivity contribution in [2.75, 3.05) is 5.32 Å². The minimum absolute atomic E-state index is 0.00621. The maximum Gasteiger partial charge on any atom is 0.387 e. The van der Waals surface area contributed by atoms with Gasteiger partial charge in [-0.25, -0.2) is 0 Å². The molecule has 0 aliphatic carbocycles. The second-order valence-corrected chi connectivity index (χ2v) is 4.82. The first kappa shape index (κ1) is 14.2. The van der Waals surface area contributed by atoms with Crippen LogP contribution in [0.1, 0.15) is 5.69 Å². The molecule has 2 aromatic rings. The van der Waals surface area contributed by atoms with E-state index in [2.05, 4.69) is 19.6 Å². The Morgan fingerprint density at radius 3 is 2.53 bits per heavy atom. The Labute approximate surface area is 121 Å². The van der Waals surface area contributed by atoms with Crippen LogP contribution in [0.25, 0.3) is 0 Å². The van der Waals surface area contributed by atoms with Gasteiger partial charge < -0.3 is 10.1 Å². The third kappa shape index (κ3) is 3.89. The van der Waals surface area contributed by atoms with E-state index in [-0.39, 0.29) is 15.8 Å². The summed E-state index contributed by atoms with van der Waals surface area (Å²) in [6.07, 6.45) is 0. The van der Waals surface area contributed by atoms with Crippen LogP contribution >= 0.6 is 34.7 Å². The minimum atomic E-state index is -2.98. The van der Waals surface area contributed by atoms with Gasteiger partial charge in [0.25, 0.3) is 0 Å². The molecular weight excluding hydrogens is 319 g/mol. The Hall–Kier alpha value is -1.18.